The predicted octanol–water partition coefficient (Wildman–Crippen LogP) is 3.72. The Morgan fingerprint density at radius 1 is 1.12 bits per heavy atom. The Hall–Kier alpha value is -1.19. The summed E-state index contributed by atoms with van der Waals surface area (Å²) in [5.74, 6) is 0. The van der Waals surface area contributed by atoms with E-state index in [2.05, 4.69) is 26.8 Å². The van der Waals surface area contributed by atoms with Crippen LogP contribution in [0.15, 0.2) is 41.3 Å². The molecule has 2 nitrogen and oxygen atoms in total. The number of fused-ring (bicyclic) bond motifs is 1. The van der Waals surface area contributed by atoms with E-state index in [1.54, 1.807) is 6.07 Å². The molecule has 0 spiro atoms. The van der Waals surface area contributed by atoms with Crippen LogP contribution < -0.4 is 0 Å². The standard InChI is InChI=1S/C14H16O2S/c1-14(2,3)13-6-4-5-10-7-8-11(17(15)16)9-12(10)13/h4-9H,1-3H3,(H,15,16). The molecule has 2 rings (SSSR count). The topological polar surface area (TPSA) is 37.3 Å². The summed E-state index contributed by atoms with van der Waals surface area (Å²) in [5.41, 5.74) is 1.22. The van der Waals surface area contributed by atoms with E-state index in [1.165, 1.54) is 5.56 Å². The molecule has 17 heavy (non-hydrogen) atoms. The van der Waals surface area contributed by atoms with Crippen molar-refractivity contribution in [1.29, 1.82) is 0 Å². The van der Waals surface area contributed by atoms with E-state index < -0.39 is 11.1 Å². The van der Waals surface area contributed by atoms with Crippen molar-refractivity contribution in [1.82, 2.24) is 0 Å². The molecular weight excluding hydrogens is 232 g/mol. The van der Waals surface area contributed by atoms with Gasteiger partial charge in [0.15, 0.2) is 11.1 Å². The first-order chi connectivity index (χ1) is 7.89. The van der Waals surface area contributed by atoms with Crippen molar-refractivity contribution >= 4 is 21.9 Å². The van der Waals surface area contributed by atoms with E-state index in [4.69, 9.17) is 4.55 Å². The zero-order valence-corrected chi connectivity index (χ0v) is 11.0. The molecular formula is C14H16O2S. The molecule has 0 fully saturated rings. The van der Waals surface area contributed by atoms with Crippen molar-refractivity contribution in [3.63, 3.8) is 0 Å². The van der Waals surface area contributed by atoms with Crippen molar-refractivity contribution in [2.75, 3.05) is 0 Å². The molecule has 1 N–H and O–H groups in total. The summed E-state index contributed by atoms with van der Waals surface area (Å²) in [5, 5.41) is 2.16. The smallest absolute Gasteiger partial charge is 0.186 e. The molecule has 0 saturated heterocycles. The lowest BCUT2D eigenvalue weighted by atomic mass is 9.84. The lowest BCUT2D eigenvalue weighted by Gasteiger charge is -2.21. The van der Waals surface area contributed by atoms with Gasteiger partial charge in [0.25, 0.3) is 0 Å². The zero-order valence-electron chi connectivity index (χ0n) is 10.2. The Morgan fingerprint density at radius 2 is 1.82 bits per heavy atom. The summed E-state index contributed by atoms with van der Waals surface area (Å²) >= 11 is -1.92. The highest BCUT2D eigenvalue weighted by Crippen LogP contribution is 2.30. The molecule has 0 heterocycles. The number of hydrogen-bond donors (Lipinski definition) is 1. The summed E-state index contributed by atoms with van der Waals surface area (Å²) in [6.07, 6.45) is 0. The van der Waals surface area contributed by atoms with Crippen LogP contribution in [0.4, 0.5) is 0 Å². The van der Waals surface area contributed by atoms with Crippen molar-refractivity contribution in [3.8, 4) is 0 Å². The molecule has 2 aromatic carbocycles. The van der Waals surface area contributed by atoms with Crippen molar-refractivity contribution in [2.45, 2.75) is 31.1 Å². The Bertz CT molecular complexity index is 582. The average Bonchev–Trinajstić information content (AvgIpc) is 2.26. The van der Waals surface area contributed by atoms with Gasteiger partial charge in [-0.05, 0) is 33.9 Å². The van der Waals surface area contributed by atoms with Gasteiger partial charge in [-0.1, -0.05) is 45.0 Å². The van der Waals surface area contributed by atoms with Gasteiger partial charge in [0, 0.05) is 0 Å². The molecule has 3 heteroatoms. The Labute approximate surface area is 104 Å². The molecule has 0 amide bonds. The SMILES string of the molecule is CC(C)(C)c1cccc2ccc(S(=O)O)cc12. The summed E-state index contributed by atoms with van der Waals surface area (Å²) in [6, 6.07) is 11.5. The normalized spacial score (nSPS) is 13.9. The maximum Gasteiger partial charge on any atom is 0.186 e. The minimum absolute atomic E-state index is 0.0229. The molecule has 0 aliphatic rings. The van der Waals surface area contributed by atoms with Crippen LogP contribution in [0.2, 0.25) is 0 Å². The Morgan fingerprint density at radius 3 is 2.41 bits per heavy atom. The Balaban J connectivity index is 2.77. The largest absolute Gasteiger partial charge is 0.302 e. The first-order valence-electron chi connectivity index (χ1n) is 5.54. The quantitative estimate of drug-likeness (QED) is 0.781. The first-order valence-corrected chi connectivity index (χ1v) is 6.64. The summed E-state index contributed by atoms with van der Waals surface area (Å²) < 4.78 is 20.3. The summed E-state index contributed by atoms with van der Waals surface area (Å²) in [7, 11) is 0. The first kappa shape index (κ1) is 12.3. The van der Waals surface area contributed by atoms with Gasteiger partial charge in [-0.2, -0.15) is 0 Å². The highest BCUT2D eigenvalue weighted by atomic mass is 32.2. The van der Waals surface area contributed by atoms with Gasteiger partial charge < -0.3 is 4.55 Å². The lowest BCUT2D eigenvalue weighted by Crippen LogP contribution is -2.11. The fourth-order valence-corrected chi connectivity index (χ4v) is 2.42. The molecule has 0 bridgehead atoms. The molecule has 0 aliphatic carbocycles. The second kappa shape index (κ2) is 4.24. The number of benzene rings is 2. The van der Waals surface area contributed by atoms with Crippen LogP contribution in [0.3, 0.4) is 0 Å². The molecule has 90 valence electrons. The maximum absolute atomic E-state index is 11.1. The predicted molar refractivity (Wildman–Crippen MR) is 71.7 cm³/mol. The third kappa shape index (κ3) is 2.40. The average molecular weight is 248 g/mol. The maximum atomic E-state index is 11.1. The minimum Gasteiger partial charge on any atom is -0.302 e. The number of rotatable bonds is 1. The third-order valence-electron chi connectivity index (χ3n) is 2.86. The van der Waals surface area contributed by atoms with Gasteiger partial charge in [-0.3, -0.25) is 0 Å². The monoisotopic (exact) mass is 248 g/mol. The van der Waals surface area contributed by atoms with E-state index in [9.17, 15) is 4.21 Å². The number of hydrogen-bond acceptors (Lipinski definition) is 1. The zero-order chi connectivity index (χ0) is 12.6. The highest BCUT2D eigenvalue weighted by molar-refractivity contribution is 7.79. The lowest BCUT2D eigenvalue weighted by molar-refractivity contribution is 0.564. The van der Waals surface area contributed by atoms with Crippen LogP contribution in [-0.4, -0.2) is 8.76 Å². The second-order valence-corrected chi connectivity index (χ2v) is 6.16. The molecule has 0 saturated carbocycles. The van der Waals surface area contributed by atoms with Gasteiger partial charge >= 0.3 is 0 Å². The van der Waals surface area contributed by atoms with Gasteiger partial charge in [-0.15, -0.1) is 0 Å². The van der Waals surface area contributed by atoms with Gasteiger partial charge in [-0.25, -0.2) is 4.21 Å². The van der Waals surface area contributed by atoms with Crippen LogP contribution in [0.25, 0.3) is 10.8 Å². The van der Waals surface area contributed by atoms with Crippen LogP contribution in [0, 0.1) is 0 Å². The van der Waals surface area contributed by atoms with Crippen LogP contribution >= 0.6 is 0 Å². The molecule has 0 aromatic heterocycles. The van der Waals surface area contributed by atoms with Crippen LogP contribution in [-0.2, 0) is 16.5 Å². The van der Waals surface area contributed by atoms with Gasteiger partial charge in [0.05, 0.1) is 4.90 Å². The van der Waals surface area contributed by atoms with Gasteiger partial charge in [0.2, 0.25) is 0 Å². The molecule has 2 aromatic rings. The highest BCUT2D eigenvalue weighted by Gasteiger charge is 2.17. The molecule has 0 aliphatic heterocycles. The minimum atomic E-state index is -1.92. The molecule has 1 atom stereocenters. The van der Waals surface area contributed by atoms with E-state index in [1.807, 2.05) is 24.3 Å². The molecule has 1 unspecified atom stereocenters. The Kier molecular flexibility index (Phi) is 3.06. The van der Waals surface area contributed by atoms with E-state index in [0.717, 1.165) is 10.8 Å². The van der Waals surface area contributed by atoms with Crippen LogP contribution in [0.1, 0.15) is 26.3 Å². The fraction of sp³-hybridized carbons (Fsp3) is 0.286. The summed E-state index contributed by atoms with van der Waals surface area (Å²) in [4.78, 5) is 0.453. The van der Waals surface area contributed by atoms with Gasteiger partial charge in [0.1, 0.15) is 0 Å². The van der Waals surface area contributed by atoms with E-state index in [0.29, 0.717) is 4.90 Å². The molecule has 0 radical (unpaired) electrons. The second-order valence-electron chi connectivity index (χ2n) is 5.19. The van der Waals surface area contributed by atoms with E-state index in [-0.39, 0.29) is 5.41 Å². The van der Waals surface area contributed by atoms with Crippen LogP contribution in [0.5, 0.6) is 0 Å². The summed E-state index contributed by atoms with van der Waals surface area (Å²) in [6.45, 7) is 6.43. The third-order valence-corrected chi connectivity index (χ3v) is 3.52. The van der Waals surface area contributed by atoms with Crippen molar-refractivity contribution in [2.24, 2.45) is 0 Å². The fourth-order valence-electron chi connectivity index (χ4n) is 2.01. The van der Waals surface area contributed by atoms with Crippen molar-refractivity contribution < 1.29 is 8.76 Å². The van der Waals surface area contributed by atoms with Crippen molar-refractivity contribution in [3.05, 3.63) is 42.0 Å². The van der Waals surface area contributed by atoms with E-state index >= 15 is 0 Å².